The fourth-order valence-electron chi connectivity index (χ4n) is 4.48. The van der Waals surface area contributed by atoms with E-state index >= 15 is 0 Å². The first-order valence-corrected chi connectivity index (χ1v) is 13.1. The Balaban J connectivity index is 1.74. The normalized spacial score (nSPS) is 38.1. The highest BCUT2D eigenvalue weighted by Gasteiger charge is 2.50. The molecular weight excluding hydrogens is 464 g/mol. The summed E-state index contributed by atoms with van der Waals surface area (Å²) in [5, 5.41) is 70.1. The lowest BCUT2D eigenvalue weighted by molar-refractivity contribution is -0.359. The first-order chi connectivity index (χ1) is 16.8. The van der Waals surface area contributed by atoms with Gasteiger partial charge in [-0.3, -0.25) is 0 Å². The van der Waals surface area contributed by atoms with Crippen LogP contribution in [0.3, 0.4) is 0 Å². The van der Waals surface area contributed by atoms with E-state index in [1.807, 2.05) is 0 Å². The summed E-state index contributed by atoms with van der Waals surface area (Å²) in [7, 11) is 0. The van der Waals surface area contributed by atoms with Gasteiger partial charge in [-0.25, -0.2) is 0 Å². The summed E-state index contributed by atoms with van der Waals surface area (Å²) in [6.45, 7) is 1.31. The Bertz CT molecular complexity index is 550. The number of ether oxygens (including phenoxy) is 4. The molecule has 35 heavy (non-hydrogen) atoms. The van der Waals surface area contributed by atoms with Gasteiger partial charge in [-0.15, -0.1) is 0 Å². The lowest BCUT2D eigenvalue weighted by Gasteiger charge is -2.45. The standard InChI is InChI=1S/C24H46O11/c1-2-3-4-5-6-7-8-9-10-11-12-32-23-21(31)19(29)22(16(14-26)34-23)35-24-20(30)18(28)17(27)15(13-25)33-24/h15-31H,2-14H2,1H3/t15-,16-,17+,18+,19-,20-,21+,22-,23+,24-/m0/s1. The Morgan fingerprint density at radius 1 is 0.571 bits per heavy atom. The molecule has 0 unspecified atom stereocenters. The molecule has 0 radical (unpaired) electrons. The van der Waals surface area contributed by atoms with Crippen LogP contribution in [0.1, 0.15) is 71.1 Å². The zero-order valence-electron chi connectivity index (χ0n) is 20.7. The van der Waals surface area contributed by atoms with Crippen molar-refractivity contribution in [1.82, 2.24) is 0 Å². The van der Waals surface area contributed by atoms with Crippen LogP contribution in [0.15, 0.2) is 0 Å². The number of aliphatic hydroxyl groups excluding tert-OH is 7. The van der Waals surface area contributed by atoms with E-state index in [1.54, 1.807) is 0 Å². The summed E-state index contributed by atoms with van der Waals surface area (Å²) >= 11 is 0. The Kier molecular flexibility index (Phi) is 14.4. The SMILES string of the molecule is CCCCCCCCCCCCO[C@@H]1O[C@@H](CO)[C@H](O[C@@H]2O[C@@H](CO)[C@@H](O)[C@@H](O)[C@@H]2O)[C@@H](O)[C@H]1O. The van der Waals surface area contributed by atoms with Crippen molar-refractivity contribution in [1.29, 1.82) is 0 Å². The average Bonchev–Trinajstić information content (AvgIpc) is 2.86. The van der Waals surface area contributed by atoms with Gasteiger partial charge in [0.1, 0.15) is 48.8 Å². The van der Waals surface area contributed by atoms with Crippen LogP contribution < -0.4 is 0 Å². The molecule has 11 heteroatoms. The number of aliphatic hydroxyl groups is 7. The first kappa shape index (κ1) is 30.8. The Hall–Kier alpha value is -0.440. The second-order valence-corrected chi connectivity index (χ2v) is 9.56. The molecule has 0 spiro atoms. The van der Waals surface area contributed by atoms with Gasteiger partial charge < -0.3 is 54.7 Å². The van der Waals surface area contributed by atoms with Gasteiger partial charge in [-0.1, -0.05) is 64.7 Å². The lowest BCUT2D eigenvalue weighted by Crippen LogP contribution is -2.64. The highest BCUT2D eigenvalue weighted by Crippen LogP contribution is 2.29. The largest absolute Gasteiger partial charge is 0.394 e. The third-order valence-electron chi connectivity index (χ3n) is 6.74. The van der Waals surface area contributed by atoms with Gasteiger partial charge in [0.25, 0.3) is 0 Å². The summed E-state index contributed by atoms with van der Waals surface area (Å²) in [6.07, 6.45) is -2.63. The van der Waals surface area contributed by atoms with Gasteiger partial charge in [0.05, 0.1) is 13.2 Å². The number of hydrogen-bond donors (Lipinski definition) is 7. The second-order valence-electron chi connectivity index (χ2n) is 9.56. The van der Waals surface area contributed by atoms with E-state index in [9.17, 15) is 35.7 Å². The predicted octanol–water partition coefficient (Wildman–Crippen LogP) is -0.452. The molecule has 0 aromatic heterocycles. The van der Waals surface area contributed by atoms with E-state index in [1.165, 1.54) is 44.9 Å². The summed E-state index contributed by atoms with van der Waals surface area (Å²) in [4.78, 5) is 0. The quantitative estimate of drug-likeness (QED) is 0.134. The number of hydrogen-bond acceptors (Lipinski definition) is 11. The van der Waals surface area contributed by atoms with Crippen molar-refractivity contribution in [2.45, 2.75) is 133 Å². The van der Waals surface area contributed by atoms with Crippen molar-refractivity contribution in [3.63, 3.8) is 0 Å². The Labute approximate surface area is 207 Å². The van der Waals surface area contributed by atoms with E-state index in [0.717, 1.165) is 19.3 Å². The molecule has 0 saturated carbocycles. The molecular formula is C24H46O11. The zero-order valence-corrected chi connectivity index (χ0v) is 20.7. The predicted molar refractivity (Wildman–Crippen MR) is 124 cm³/mol. The van der Waals surface area contributed by atoms with Crippen molar-refractivity contribution in [2.75, 3.05) is 19.8 Å². The Morgan fingerprint density at radius 3 is 1.66 bits per heavy atom. The molecule has 0 aromatic rings. The average molecular weight is 511 g/mol. The van der Waals surface area contributed by atoms with Crippen molar-refractivity contribution in [3.8, 4) is 0 Å². The topological polar surface area (TPSA) is 179 Å². The molecule has 2 fully saturated rings. The van der Waals surface area contributed by atoms with Gasteiger partial charge in [0, 0.05) is 6.61 Å². The monoisotopic (exact) mass is 510 g/mol. The number of unbranched alkanes of at least 4 members (excludes halogenated alkanes) is 9. The van der Waals surface area contributed by atoms with E-state index in [0.29, 0.717) is 6.61 Å². The van der Waals surface area contributed by atoms with Crippen LogP contribution in [0, 0.1) is 0 Å². The maximum atomic E-state index is 10.6. The molecule has 10 atom stereocenters. The van der Waals surface area contributed by atoms with Crippen molar-refractivity contribution in [3.05, 3.63) is 0 Å². The van der Waals surface area contributed by atoms with E-state index in [2.05, 4.69) is 6.92 Å². The van der Waals surface area contributed by atoms with Crippen LogP contribution >= 0.6 is 0 Å². The van der Waals surface area contributed by atoms with Crippen molar-refractivity contribution < 1.29 is 54.7 Å². The maximum absolute atomic E-state index is 10.6. The smallest absolute Gasteiger partial charge is 0.187 e. The third-order valence-corrected chi connectivity index (χ3v) is 6.74. The fraction of sp³-hybridized carbons (Fsp3) is 1.00. The molecule has 2 saturated heterocycles. The first-order valence-electron chi connectivity index (χ1n) is 13.1. The van der Waals surface area contributed by atoms with Gasteiger partial charge >= 0.3 is 0 Å². The lowest BCUT2D eigenvalue weighted by atomic mass is 9.97. The Morgan fingerprint density at radius 2 is 1.09 bits per heavy atom. The van der Waals surface area contributed by atoms with E-state index < -0.39 is 74.6 Å². The summed E-state index contributed by atoms with van der Waals surface area (Å²) < 4.78 is 22.0. The molecule has 11 nitrogen and oxygen atoms in total. The van der Waals surface area contributed by atoms with Gasteiger partial charge in [-0.2, -0.15) is 0 Å². The summed E-state index contributed by atoms with van der Waals surface area (Å²) in [6, 6.07) is 0. The van der Waals surface area contributed by atoms with Gasteiger partial charge in [-0.05, 0) is 6.42 Å². The minimum absolute atomic E-state index is 0.321. The third kappa shape index (κ3) is 9.11. The van der Waals surface area contributed by atoms with Crippen molar-refractivity contribution in [2.24, 2.45) is 0 Å². The molecule has 7 N–H and O–H groups in total. The molecule has 2 aliphatic rings. The van der Waals surface area contributed by atoms with E-state index in [-0.39, 0.29) is 0 Å². The van der Waals surface area contributed by atoms with Crippen LogP contribution in [0.5, 0.6) is 0 Å². The minimum Gasteiger partial charge on any atom is -0.394 e. The molecule has 0 bridgehead atoms. The molecule has 2 rings (SSSR count). The van der Waals surface area contributed by atoms with E-state index in [4.69, 9.17) is 18.9 Å². The van der Waals surface area contributed by atoms with Crippen molar-refractivity contribution >= 4 is 0 Å². The van der Waals surface area contributed by atoms with Crippen LogP contribution in [0.2, 0.25) is 0 Å². The van der Waals surface area contributed by atoms with Gasteiger partial charge in [0.2, 0.25) is 0 Å². The van der Waals surface area contributed by atoms with Crippen LogP contribution in [0.4, 0.5) is 0 Å². The zero-order chi connectivity index (χ0) is 25.8. The highest BCUT2D eigenvalue weighted by molar-refractivity contribution is 4.94. The minimum atomic E-state index is -1.69. The van der Waals surface area contributed by atoms with Gasteiger partial charge in [0.15, 0.2) is 12.6 Å². The number of rotatable bonds is 16. The molecule has 0 amide bonds. The molecule has 208 valence electrons. The fourth-order valence-corrected chi connectivity index (χ4v) is 4.48. The molecule has 2 aliphatic heterocycles. The highest BCUT2D eigenvalue weighted by atomic mass is 16.7. The molecule has 2 heterocycles. The van der Waals surface area contributed by atoms with Crippen LogP contribution in [0.25, 0.3) is 0 Å². The van der Waals surface area contributed by atoms with Crippen LogP contribution in [-0.2, 0) is 18.9 Å². The van der Waals surface area contributed by atoms with Crippen LogP contribution in [-0.4, -0.2) is 117 Å². The second kappa shape index (κ2) is 16.4. The summed E-state index contributed by atoms with van der Waals surface area (Å²) in [5.41, 5.74) is 0. The summed E-state index contributed by atoms with van der Waals surface area (Å²) in [5.74, 6) is 0. The molecule has 0 aliphatic carbocycles. The molecule has 0 aromatic carbocycles. The maximum Gasteiger partial charge on any atom is 0.187 e.